The molecule has 3 N–H and O–H groups in total. The lowest BCUT2D eigenvalue weighted by Gasteiger charge is -2.57. The van der Waals surface area contributed by atoms with Crippen LogP contribution in [0.1, 0.15) is 45.7 Å². The minimum atomic E-state index is -2.86. The number of benzene rings is 1. The van der Waals surface area contributed by atoms with E-state index in [1.54, 1.807) is 12.1 Å². The number of hydrogen-bond acceptors (Lipinski definition) is 4. The summed E-state index contributed by atoms with van der Waals surface area (Å²) in [6.45, 7) is 5.30. The Bertz CT molecular complexity index is 613. The predicted molar refractivity (Wildman–Crippen MR) is 97.6 cm³/mol. The summed E-state index contributed by atoms with van der Waals surface area (Å²) in [5.74, 6) is -0.166. The molecule has 0 radical (unpaired) electrons. The summed E-state index contributed by atoms with van der Waals surface area (Å²) in [5, 5.41) is 2.91. The molecule has 1 aromatic rings. The van der Waals surface area contributed by atoms with E-state index in [2.05, 4.69) is 10.1 Å². The van der Waals surface area contributed by atoms with Crippen molar-refractivity contribution in [2.75, 3.05) is 6.61 Å². The number of rotatable bonds is 7. The number of amides is 1. The van der Waals surface area contributed by atoms with Gasteiger partial charge in [0, 0.05) is 18.4 Å². The number of carbonyl (C=O) groups excluding carboxylic acids is 1. The normalized spacial score (nSPS) is 25.0. The average Bonchev–Trinajstić information content (AvgIpc) is 2.54. The summed E-state index contributed by atoms with van der Waals surface area (Å²) >= 11 is 0. The summed E-state index contributed by atoms with van der Waals surface area (Å²) in [6.07, 6.45) is 0.419. The molecule has 1 aromatic carbocycles. The molecule has 1 saturated carbocycles. The standard InChI is InChI=1S/C18H26F2N2O3.ClH/c1-5-24-14-10-18(21,17(14,3)4)15(23)22-11(2)12-6-8-13(9-7-12)25-16(19)20;/h6-9,11,14,16H,5,10,21H2,1-4H3,(H,22,23);1H. The van der Waals surface area contributed by atoms with Gasteiger partial charge in [-0.05, 0) is 31.5 Å². The lowest BCUT2D eigenvalue weighted by atomic mass is 9.54. The summed E-state index contributed by atoms with van der Waals surface area (Å²) in [5.41, 5.74) is 5.66. The van der Waals surface area contributed by atoms with E-state index in [9.17, 15) is 13.6 Å². The number of nitrogens with two attached hydrogens (primary N) is 1. The number of alkyl halides is 2. The first-order chi connectivity index (χ1) is 11.6. The summed E-state index contributed by atoms with van der Waals surface area (Å²) in [7, 11) is 0. The second-order valence-corrected chi connectivity index (χ2v) is 6.98. The smallest absolute Gasteiger partial charge is 0.387 e. The fraction of sp³-hybridized carbons (Fsp3) is 0.611. The Labute approximate surface area is 159 Å². The first kappa shape index (κ1) is 22.6. The SMILES string of the molecule is CCOC1CC(N)(C(=O)NC(C)c2ccc(OC(F)F)cc2)C1(C)C.Cl. The maximum atomic E-state index is 12.7. The number of halogens is 3. The number of hydrogen-bond donors (Lipinski definition) is 2. The zero-order chi connectivity index (χ0) is 18.8. The summed E-state index contributed by atoms with van der Waals surface area (Å²) in [6, 6.07) is 5.86. The van der Waals surface area contributed by atoms with Crippen molar-refractivity contribution < 1.29 is 23.0 Å². The third-order valence-corrected chi connectivity index (χ3v) is 5.19. The van der Waals surface area contributed by atoms with Crippen LogP contribution in [0.5, 0.6) is 5.75 Å². The average molecular weight is 393 g/mol. The Hall–Kier alpha value is -1.44. The van der Waals surface area contributed by atoms with Crippen molar-refractivity contribution in [2.24, 2.45) is 11.1 Å². The number of ether oxygens (including phenoxy) is 2. The zero-order valence-electron chi connectivity index (χ0n) is 15.4. The third-order valence-electron chi connectivity index (χ3n) is 5.19. The Balaban J connectivity index is 0.00000338. The van der Waals surface area contributed by atoms with Crippen LogP contribution in [-0.2, 0) is 9.53 Å². The molecule has 0 aliphatic heterocycles. The van der Waals surface area contributed by atoms with Crippen LogP contribution < -0.4 is 15.8 Å². The van der Waals surface area contributed by atoms with Crippen LogP contribution in [0.2, 0.25) is 0 Å². The van der Waals surface area contributed by atoms with Crippen molar-refractivity contribution in [3.8, 4) is 5.75 Å². The van der Waals surface area contributed by atoms with Gasteiger partial charge in [0.2, 0.25) is 5.91 Å². The van der Waals surface area contributed by atoms with E-state index in [1.165, 1.54) is 12.1 Å². The predicted octanol–water partition coefficient (Wildman–Crippen LogP) is 3.42. The van der Waals surface area contributed by atoms with Crippen LogP contribution in [0.15, 0.2) is 24.3 Å². The van der Waals surface area contributed by atoms with Gasteiger partial charge in [-0.2, -0.15) is 8.78 Å². The van der Waals surface area contributed by atoms with Gasteiger partial charge in [-0.15, -0.1) is 12.4 Å². The molecule has 1 amide bonds. The van der Waals surface area contributed by atoms with Crippen LogP contribution in [0.4, 0.5) is 8.78 Å². The van der Waals surface area contributed by atoms with Gasteiger partial charge in [0.1, 0.15) is 11.3 Å². The molecule has 2 rings (SSSR count). The van der Waals surface area contributed by atoms with Crippen molar-refractivity contribution in [1.82, 2.24) is 5.32 Å². The Morgan fingerprint density at radius 3 is 2.38 bits per heavy atom. The molecule has 3 unspecified atom stereocenters. The topological polar surface area (TPSA) is 73.6 Å². The summed E-state index contributed by atoms with van der Waals surface area (Å²) < 4.78 is 34.3. The molecule has 0 saturated heterocycles. The van der Waals surface area contributed by atoms with Crippen molar-refractivity contribution in [2.45, 2.75) is 58.4 Å². The van der Waals surface area contributed by atoms with Gasteiger partial charge >= 0.3 is 6.61 Å². The van der Waals surface area contributed by atoms with Crippen LogP contribution in [0.3, 0.4) is 0 Å². The molecular weight excluding hydrogens is 366 g/mol. The Kier molecular flexibility index (Phi) is 7.39. The van der Waals surface area contributed by atoms with E-state index in [0.717, 1.165) is 5.56 Å². The minimum Gasteiger partial charge on any atom is -0.435 e. The van der Waals surface area contributed by atoms with E-state index in [1.807, 2.05) is 27.7 Å². The molecule has 8 heteroatoms. The van der Waals surface area contributed by atoms with Crippen molar-refractivity contribution in [1.29, 1.82) is 0 Å². The molecule has 148 valence electrons. The molecule has 0 spiro atoms. The van der Waals surface area contributed by atoms with E-state index in [-0.39, 0.29) is 36.2 Å². The molecule has 1 aliphatic carbocycles. The van der Waals surface area contributed by atoms with Gasteiger partial charge in [-0.25, -0.2) is 0 Å². The highest BCUT2D eigenvalue weighted by Gasteiger charge is 2.62. The first-order valence-electron chi connectivity index (χ1n) is 8.38. The fourth-order valence-electron chi connectivity index (χ4n) is 3.17. The van der Waals surface area contributed by atoms with Crippen LogP contribution in [0, 0.1) is 5.41 Å². The quantitative estimate of drug-likeness (QED) is 0.745. The lowest BCUT2D eigenvalue weighted by Crippen LogP contribution is -2.75. The van der Waals surface area contributed by atoms with Gasteiger partial charge < -0.3 is 20.5 Å². The van der Waals surface area contributed by atoms with Crippen molar-refractivity contribution in [3.05, 3.63) is 29.8 Å². The molecule has 3 atom stereocenters. The maximum absolute atomic E-state index is 12.7. The zero-order valence-corrected chi connectivity index (χ0v) is 16.2. The molecule has 1 aliphatic rings. The van der Waals surface area contributed by atoms with Gasteiger partial charge in [0.25, 0.3) is 0 Å². The summed E-state index contributed by atoms with van der Waals surface area (Å²) in [4.78, 5) is 12.7. The van der Waals surface area contributed by atoms with Crippen LogP contribution in [-0.4, -0.2) is 30.8 Å². The van der Waals surface area contributed by atoms with E-state index < -0.39 is 17.6 Å². The van der Waals surface area contributed by atoms with Gasteiger partial charge in [-0.3, -0.25) is 4.79 Å². The van der Waals surface area contributed by atoms with E-state index >= 15 is 0 Å². The van der Waals surface area contributed by atoms with Crippen LogP contribution >= 0.6 is 12.4 Å². The third kappa shape index (κ3) is 4.27. The highest BCUT2D eigenvalue weighted by Crippen LogP contribution is 2.50. The van der Waals surface area contributed by atoms with Crippen molar-refractivity contribution in [3.63, 3.8) is 0 Å². The largest absolute Gasteiger partial charge is 0.435 e. The van der Waals surface area contributed by atoms with Gasteiger partial charge in [-0.1, -0.05) is 26.0 Å². The van der Waals surface area contributed by atoms with Gasteiger partial charge in [0.05, 0.1) is 12.1 Å². The highest BCUT2D eigenvalue weighted by molar-refractivity contribution is 5.89. The molecule has 1 fully saturated rings. The molecule has 26 heavy (non-hydrogen) atoms. The molecule has 5 nitrogen and oxygen atoms in total. The molecule has 0 heterocycles. The molecular formula is C18H27ClF2N2O3. The van der Waals surface area contributed by atoms with E-state index in [4.69, 9.17) is 10.5 Å². The fourth-order valence-corrected chi connectivity index (χ4v) is 3.17. The molecule has 0 bridgehead atoms. The molecule has 0 aromatic heterocycles. The van der Waals surface area contributed by atoms with Crippen molar-refractivity contribution >= 4 is 18.3 Å². The highest BCUT2D eigenvalue weighted by atomic mass is 35.5. The Morgan fingerprint density at radius 2 is 1.92 bits per heavy atom. The maximum Gasteiger partial charge on any atom is 0.387 e. The second-order valence-electron chi connectivity index (χ2n) is 6.98. The monoisotopic (exact) mass is 392 g/mol. The second kappa shape index (κ2) is 8.50. The number of carbonyl (C=O) groups is 1. The van der Waals surface area contributed by atoms with Gasteiger partial charge in [0.15, 0.2) is 0 Å². The van der Waals surface area contributed by atoms with Crippen LogP contribution in [0.25, 0.3) is 0 Å². The minimum absolute atomic E-state index is 0. The first-order valence-corrected chi connectivity index (χ1v) is 8.38. The van der Waals surface area contributed by atoms with E-state index in [0.29, 0.717) is 13.0 Å². The number of nitrogens with one attached hydrogen (secondary N) is 1. The Morgan fingerprint density at radius 1 is 1.35 bits per heavy atom. The lowest BCUT2D eigenvalue weighted by molar-refractivity contribution is -0.171.